The van der Waals surface area contributed by atoms with Crippen LogP contribution in [-0.4, -0.2) is 16.3 Å². The van der Waals surface area contributed by atoms with Gasteiger partial charge in [-0.15, -0.1) is 0 Å². The number of nitrogens with zero attached hydrogens (tertiary/aromatic N) is 2. The lowest BCUT2D eigenvalue weighted by atomic mass is 10.0. The number of aromatic nitrogens is 2. The Balaban J connectivity index is 2.38. The van der Waals surface area contributed by atoms with Crippen molar-refractivity contribution in [1.82, 2.24) is 15.1 Å². The van der Waals surface area contributed by atoms with E-state index in [4.69, 9.17) is 0 Å². The minimum Gasteiger partial charge on any atom is -0.310 e. The summed E-state index contributed by atoms with van der Waals surface area (Å²) in [4.78, 5) is 0. The predicted molar refractivity (Wildman–Crippen MR) is 70.7 cm³/mol. The summed E-state index contributed by atoms with van der Waals surface area (Å²) in [7, 11) is 1.83. The van der Waals surface area contributed by atoms with Crippen LogP contribution in [0.5, 0.6) is 0 Å². The molecule has 1 unspecified atom stereocenters. The third-order valence-corrected chi connectivity index (χ3v) is 3.02. The first-order chi connectivity index (χ1) is 8.61. The van der Waals surface area contributed by atoms with Gasteiger partial charge in [0.1, 0.15) is 5.82 Å². The van der Waals surface area contributed by atoms with E-state index in [1.807, 2.05) is 25.4 Å². The van der Waals surface area contributed by atoms with Crippen LogP contribution in [0.1, 0.15) is 25.5 Å². The maximum atomic E-state index is 13.9. The lowest BCUT2D eigenvalue weighted by Gasteiger charge is -2.14. The molecule has 3 nitrogen and oxygen atoms in total. The number of hydrogen-bond donors (Lipinski definition) is 1. The van der Waals surface area contributed by atoms with E-state index in [-0.39, 0.29) is 11.9 Å². The molecule has 2 aromatic rings. The molecule has 0 aliphatic rings. The van der Waals surface area contributed by atoms with Gasteiger partial charge in [0.05, 0.1) is 6.20 Å². The lowest BCUT2D eigenvalue weighted by Crippen LogP contribution is -2.17. The molecule has 2 rings (SSSR count). The zero-order chi connectivity index (χ0) is 13.1. The smallest absolute Gasteiger partial charge is 0.131 e. The number of halogens is 1. The fourth-order valence-electron chi connectivity index (χ4n) is 2.02. The SMILES string of the molecule is CCNC(C)c1ccc(F)c(-c2cnn(C)c2)c1. The van der Waals surface area contributed by atoms with Crippen molar-refractivity contribution in [2.75, 3.05) is 6.54 Å². The molecular weight excluding hydrogens is 229 g/mol. The van der Waals surface area contributed by atoms with Crippen LogP contribution < -0.4 is 5.32 Å². The first kappa shape index (κ1) is 12.8. The van der Waals surface area contributed by atoms with Crippen molar-refractivity contribution in [3.63, 3.8) is 0 Å². The van der Waals surface area contributed by atoms with Crippen molar-refractivity contribution >= 4 is 0 Å². The van der Waals surface area contributed by atoms with E-state index in [0.29, 0.717) is 5.56 Å². The topological polar surface area (TPSA) is 29.9 Å². The van der Waals surface area contributed by atoms with Crippen LogP contribution in [-0.2, 0) is 7.05 Å². The molecular formula is C14H18FN3. The van der Waals surface area contributed by atoms with Gasteiger partial charge in [-0.1, -0.05) is 13.0 Å². The summed E-state index contributed by atoms with van der Waals surface area (Å²) in [5.41, 5.74) is 2.49. The molecule has 0 amide bonds. The fraction of sp³-hybridized carbons (Fsp3) is 0.357. The van der Waals surface area contributed by atoms with Crippen LogP contribution in [0.2, 0.25) is 0 Å². The average Bonchev–Trinajstić information content (AvgIpc) is 2.76. The molecule has 0 radical (unpaired) electrons. The summed E-state index contributed by atoms with van der Waals surface area (Å²) >= 11 is 0. The van der Waals surface area contributed by atoms with Crippen LogP contribution in [0.15, 0.2) is 30.6 Å². The van der Waals surface area contributed by atoms with E-state index in [9.17, 15) is 4.39 Å². The molecule has 1 N–H and O–H groups in total. The molecule has 1 heterocycles. The molecule has 1 aromatic heterocycles. The van der Waals surface area contributed by atoms with Crippen molar-refractivity contribution < 1.29 is 4.39 Å². The number of rotatable bonds is 4. The molecule has 0 bridgehead atoms. The molecule has 96 valence electrons. The highest BCUT2D eigenvalue weighted by Gasteiger charge is 2.11. The van der Waals surface area contributed by atoms with Crippen molar-refractivity contribution in [2.45, 2.75) is 19.9 Å². The Hall–Kier alpha value is -1.68. The van der Waals surface area contributed by atoms with Crippen LogP contribution in [0.3, 0.4) is 0 Å². The van der Waals surface area contributed by atoms with E-state index in [1.165, 1.54) is 6.07 Å². The van der Waals surface area contributed by atoms with Gasteiger partial charge in [0.2, 0.25) is 0 Å². The number of aryl methyl sites for hydroxylation is 1. The average molecular weight is 247 g/mol. The van der Waals surface area contributed by atoms with E-state index in [1.54, 1.807) is 10.9 Å². The zero-order valence-electron chi connectivity index (χ0n) is 10.9. The largest absolute Gasteiger partial charge is 0.310 e. The Kier molecular flexibility index (Phi) is 3.77. The van der Waals surface area contributed by atoms with Crippen molar-refractivity contribution in [2.24, 2.45) is 7.05 Å². The van der Waals surface area contributed by atoms with Gasteiger partial charge < -0.3 is 5.32 Å². The summed E-state index contributed by atoms with van der Waals surface area (Å²) < 4.78 is 15.5. The highest BCUT2D eigenvalue weighted by atomic mass is 19.1. The molecule has 4 heteroatoms. The third-order valence-electron chi connectivity index (χ3n) is 3.02. The van der Waals surface area contributed by atoms with Crippen molar-refractivity contribution in [3.05, 3.63) is 42.0 Å². The molecule has 0 fully saturated rings. The van der Waals surface area contributed by atoms with Gasteiger partial charge >= 0.3 is 0 Å². The highest BCUT2D eigenvalue weighted by Crippen LogP contribution is 2.25. The Bertz CT molecular complexity index is 534. The summed E-state index contributed by atoms with van der Waals surface area (Å²) in [6, 6.07) is 5.44. The molecule has 0 spiro atoms. The summed E-state index contributed by atoms with van der Waals surface area (Å²) in [6.45, 7) is 5.02. The summed E-state index contributed by atoms with van der Waals surface area (Å²) in [6.07, 6.45) is 3.50. The van der Waals surface area contributed by atoms with Gasteiger partial charge in [0.15, 0.2) is 0 Å². The molecule has 1 atom stereocenters. The van der Waals surface area contributed by atoms with Crippen LogP contribution in [0.25, 0.3) is 11.1 Å². The van der Waals surface area contributed by atoms with Gasteiger partial charge in [-0.25, -0.2) is 4.39 Å². The van der Waals surface area contributed by atoms with Crippen molar-refractivity contribution in [3.8, 4) is 11.1 Å². The van der Waals surface area contributed by atoms with Crippen LogP contribution in [0, 0.1) is 5.82 Å². The van der Waals surface area contributed by atoms with Gasteiger partial charge in [0, 0.05) is 30.4 Å². The number of nitrogens with one attached hydrogen (secondary N) is 1. The molecule has 0 aliphatic heterocycles. The normalized spacial score (nSPS) is 12.7. The second-order valence-corrected chi connectivity index (χ2v) is 4.42. The standard InChI is InChI=1S/C14H18FN3/c1-4-16-10(2)11-5-6-14(15)13(7-11)12-8-17-18(3)9-12/h5-10,16H,4H2,1-3H3. The quantitative estimate of drug-likeness (QED) is 0.900. The Labute approximate surface area is 107 Å². The summed E-state index contributed by atoms with van der Waals surface area (Å²) in [5.74, 6) is -0.213. The first-order valence-corrected chi connectivity index (χ1v) is 6.13. The van der Waals surface area contributed by atoms with E-state index in [0.717, 1.165) is 17.7 Å². The Morgan fingerprint density at radius 1 is 1.44 bits per heavy atom. The van der Waals surface area contributed by atoms with Gasteiger partial charge in [-0.05, 0) is 31.2 Å². The van der Waals surface area contributed by atoms with E-state index in [2.05, 4.69) is 24.3 Å². The van der Waals surface area contributed by atoms with E-state index < -0.39 is 0 Å². The first-order valence-electron chi connectivity index (χ1n) is 6.13. The van der Waals surface area contributed by atoms with Gasteiger partial charge in [0.25, 0.3) is 0 Å². The van der Waals surface area contributed by atoms with Crippen LogP contribution >= 0.6 is 0 Å². The van der Waals surface area contributed by atoms with Gasteiger partial charge in [-0.3, -0.25) is 4.68 Å². The zero-order valence-corrected chi connectivity index (χ0v) is 10.9. The summed E-state index contributed by atoms with van der Waals surface area (Å²) in [5, 5.41) is 7.40. The van der Waals surface area contributed by atoms with Crippen molar-refractivity contribution in [1.29, 1.82) is 0 Å². The Morgan fingerprint density at radius 2 is 2.22 bits per heavy atom. The molecule has 1 aromatic carbocycles. The minimum atomic E-state index is -0.213. The maximum Gasteiger partial charge on any atom is 0.131 e. The van der Waals surface area contributed by atoms with Gasteiger partial charge in [-0.2, -0.15) is 5.10 Å². The lowest BCUT2D eigenvalue weighted by molar-refractivity contribution is 0.593. The second kappa shape index (κ2) is 5.31. The van der Waals surface area contributed by atoms with Crippen LogP contribution in [0.4, 0.5) is 4.39 Å². The maximum absolute atomic E-state index is 13.9. The third kappa shape index (κ3) is 2.59. The molecule has 0 saturated carbocycles. The Morgan fingerprint density at radius 3 is 2.83 bits per heavy atom. The number of benzene rings is 1. The second-order valence-electron chi connectivity index (χ2n) is 4.42. The molecule has 0 saturated heterocycles. The number of hydrogen-bond acceptors (Lipinski definition) is 2. The van der Waals surface area contributed by atoms with E-state index >= 15 is 0 Å². The molecule has 0 aliphatic carbocycles. The predicted octanol–water partition coefficient (Wildman–Crippen LogP) is 2.90. The fourth-order valence-corrected chi connectivity index (χ4v) is 2.02. The molecule has 18 heavy (non-hydrogen) atoms. The monoisotopic (exact) mass is 247 g/mol. The minimum absolute atomic E-state index is 0.213. The highest BCUT2D eigenvalue weighted by molar-refractivity contribution is 5.63.